The number of esters is 1. The van der Waals surface area contributed by atoms with E-state index in [2.05, 4.69) is 5.32 Å². The number of likely N-dealkylation sites (tertiary alicyclic amines) is 1. The number of nitrogen functional groups attached to an aromatic ring is 1. The lowest BCUT2D eigenvalue weighted by atomic mass is 9.95. The number of amides is 1. The Morgan fingerprint density at radius 1 is 1.09 bits per heavy atom. The van der Waals surface area contributed by atoms with Crippen LogP contribution in [0.2, 0.25) is 0 Å². The molecule has 8 nitrogen and oxygen atoms in total. The van der Waals surface area contributed by atoms with Gasteiger partial charge in [-0.3, -0.25) is 15.6 Å². The normalized spacial score (nSPS) is 14.0. The number of rotatable bonds is 6. The van der Waals surface area contributed by atoms with Crippen LogP contribution in [0.3, 0.4) is 0 Å². The van der Waals surface area contributed by atoms with Crippen molar-refractivity contribution in [2.75, 3.05) is 20.2 Å². The SMILES string of the molecule is COC(=O)c1cc(CNC(=O)C2CCN(C(C)=N)CC2)cc(-c2cccc(C(=N)N)c2)c1. The highest BCUT2D eigenvalue weighted by Gasteiger charge is 2.25. The van der Waals surface area contributed by atoms with Crippen molar-refractivity contribution >= 4 is 23.5 Å². The third-order valence-corrected chi connectivity index (χ3v) is 5.73. The Labute approximate surface area is 187 Å². The van der Waals surface area contributed by atoms with Gasteiger partial charge in [0.2, 0.25) is 5.91 Å². The van der Waals surface area contributed by atoms with Gasteiger partial charge >= 0.3 is 5.97 Å². The zero-order chi connectivity index (χ0) is 23.3. The molecule has 0 atom stereocenters. The first-order chi connectivity index (χ1) is 15.3. The van der Waals surface area contributed by atoms with E-state index >= 15 is 0 Å². The molecule has 8 heteroatoms. The van der Waals surface area contributed by atoms with Crippen LogP contribution in [0, 0.1) is 16.7 Å². The molecule has 0 unspecified atom stereocenters. The van der Waals surface area contributed by atoms with Gasteiger partial charge in [-0.05, 0) is 60.7 Å². The van der Waals surface area contributed by atoms with Gasteiger partial charge in [-0.25, -0.2) is 4.79 Å². The van der Waals surface area contributed by atoms with Gasteiger partial charge in [0.05, 0.1) is 18.5 Å². The maximum absolute atomic E-state index is 12.7. The molecule has 168 valence electrons. The van der Waals surface area contributed by atoms with Crippen molar-refractivity contribution in [2.24, 2.45) is 11.7 Å². The number of hydrogen-bond donors (Lipinski definition) is 4. The van der Waals surface area contributed by atoms with Crippen molar-refractivity contribution in [1.82, 2.24) is 10.2 Å². The van der Waals surface area contributed by atoms with Crippen LogP contribution < -0.4 is 11.1 Å². The number of piperidine rings is 1. The number of amidine groups is 2. The molecule has 1 heterocycles. The zero-order valence-corrected chi connectivity index (χ0v) is 18.4. The molecule has 0 spiro atoms. The first-order valence-corrected chi connectivity index (χ1v) is 10.5. The molecule has 1 aliphatic rings. The topological polar surface area (TPSA) is 132 Å². The molecule has 32 heavy (non-hydrogen) atoms. The summed E-state index contributed by atoms with van der Waals surface area (Å²) in [6.45, 7) is 3.47. The summed E-state index contributed by atoms with van der Waals surface area (Å²) < 4.78 is 4.89. The molecular formula is C24H29N5O3. The lowest BCUT2D eigenvalue weighted by Gasteiger charge is -2.32. The number of nitrogens with zero attached hydrogens (tertiary/aromatic N) is 1. The summed E-state index contributed by atoms with van der Waals surface area (Å²) >= 11 is 0. The van der Waals surface area contributed by atoms with Crippen molar-refractivity contribution in [2.45, 2.75) is 26.3 Å². The van der Waals surface area contributed by atoms with E-state index in [-0.39, 0.29) is 24.2 Å². The maximum atomic E-state index is 12.7. The van der Waals surface area contributed by atoms with E-state index in [0.29, 0.717) is 42.9 Å². The fourth-order valence-electron chi connectivity index (χ4n) is 3.87. The lowest BCUT2D eigenvalue weighted by molar-refractivity contribution is -0.126. The highest BCUT2D eigenvalue weighted by Crippen LogP contribution is 2.25. The predicted octanol–water partition coefficient (Wildman–Crippen LogP) is 2.75. The van der Waals surface area contributed by atoms with Gasteiger partial charge in [-0.1, -0.05) is 18.2 Å². The molecule has 0 bridgehead atoms. The van der Waals surface area contributed by atoms with Crippen molar-refractivity contribution in [3.05, 3.63) is 59.2 Å². The van der Waals surface area contributed by atoms with E-state index in [1.165, 1.54) is 7.11 Å². The first kappa shape index (κ1) is 23.0. The predicted molar refractivity (Wildman–Crippen MR) is 124 cm³/mol. The van der Waals surface area contributed by atoms with Gasteiger partial charge < -0.3 is 20.7 Å². The summed E-state index contributed by atoms with van der Waals surface area (Å²) in [6, 6.07) is 12.6. The van der Waals surface area contributed by atoms with Crippen LogP contribution in [0.4, 0.5) is 0 Å². The molecule has 0 saturated carbocycles. The third-order valence-electron chi connectivity index (χ3n) is 5.73. The largest absolute Gasteiger partial charge is 0.465 e. The fraction of sp³-hybridized carbons (Fsp3) is 0.333. The van der Waals surface area contributed by atoms with Gasteiger partial charge in [0.1, 0.15) is 5.84 Å². The molecule has 1 fully saturated rings. The first-order valence-electron chi connectivity index (χ1n) is 10.5. The average Bonchev–Trinajstić information content (AvgIpc) is 2.81. The highest BCUT2D eigenvalue weighted by atomic mass is 16.5. The van der Waals surface area contributed by atoms with Crippen LogP contribution in [0.5, 0.6) is 0 Å². The maximum Gasteiger partial charge on any atom is 0.337 e. The Morgan fingerprint density at radius 2 is 1.78 bits per heavy atom. The van der Waals surface area contributed by atoms with Crippen LogP contribution >= 0.6 is 0 Å². The number of carbonyl (C=O) groups is 2. The zero-order valence-electron chi connectivity index (χ0n) is 18.4. The summed E-state index contributed by atoms with van der Waals surface area (Å²) in [5.41, 5.74) is 8.95. The minimum absolute atomic E-state index is 0.0177. The van der Waals surface area contributed by atoms with Crippen molar-refractivity contribution in [3.63, 3.8) is 0 Å². The number of methoxy groups -OCH3 is 1. The molecule has 5 N–H and O–H groups in total. The van der Waals surface area contributed by atoms with Crippen LogP contribution in [-0.2, 0) is 16.1 Å². The van der Waals surface area contributed by atoms with Crippen LogP contribution in [0.15, 0.2) is 42.5 Å². The third kappa shape index (κ3) is 5.51. The fourth-order valence-corrected chi connectivity index (χ4v) is 3.87. The number of nitrogens with two attached hydrogens (primary N) is 1. The van der Waals surface area contributed by atoms with Gasteiger partial charge in [0.15, 0.2) is 0 Å². The number of ether oxygens (including phenoxy) is 1. The van der Waals surface area contributed by atoms with Gasteiger partial charge in [0, 0.05) is 31.1 Å². The van der Waals surface area contributed by atoms with E-state index < -0.39 is 5.97 Å². The molecular weight excluding hydrogens is 406 g/mol. The Bertz CT molecular complexity index is 1040. The van der Waals surface area contributed by atoms with E-state index in [1.807, 2.05) is 17.0 Å². The minimum Gasteiger partial charge on any atom is -0.465 e. The standard InChI is InChI=1S/C24H29N5O3/c1-15(25)29-8-6-17(7-9-29)23(30)28-14-16-10-20(13-21(11-16)24(31)32-2)18-4-3-5-19(12-18)22(26)27/h3-5,10-13,17,25H,6-9,14H2,1-2H3,(H3,26,27)(H,28,30). The van der Waals surface area contributed by atoms with Crippen molar-refractivity contribution in [1.29, 1.82) is 10.8 Å². The molecule has 2 aromatic rings. The average molecular weight is 436 g/mol. The smallest absolute Gasteiger partial charge is 0.337 e. The van der Waals surface area contributed by atoms with Gasteiger partial charge in [-0.2, -0.15) is 0 Å². The molecule has 0 aliphatic carbocycles. The number of benzene rings is 2. The summed E-state index contributed by atoms with van der Waals surface area (Å²) in [7, 11) is 1.33. The minimum atomic E-state index is -0.462. The number of nitrogens with one attached hydrogen (secondary N) is 3. The molecule has 3 rings (SSSR count). The summed E-state index contributed by atoms with van der Waals surface area (Å²) in [4.78, 5) is 26.9. The second-order valence-electron chi connectivity index (χ2n) is 7.97. The molecule has 1 aliphatic heterocycles. The lowest BCUT2D eigenvalue weighted by Crippen LogP contribution is -2.41. The van der Waals surface area contributed by atoms with Gasteiger partial charge in [0.25, 0.3) is 0 Å². The Kier molecular flexibility index (Phi) is 7.25. The second kappa shape index (κ2) is 10.1. The Morgan fingerprint density at radius 3 is 2.41 bits per heavy atom. The molecule has 0 radical (unpaired) electrons. The summed E-state index contributed by atoms with van der Waals surface area (Å²) in [5.74, 6) is -0.0638. The second-order valence-corrected chi connectivity index (χ2v) is 7.97. The van der Waals surface area contributed by atoms with Crippen LogP contribution in [-0.4, -0.2) is 48.6 Å². The Hall–Kier alpha value is -3.68. The molecule has 1 saturated heterocycles. The van der Waals surface area contributed by atoms with Crippen molar-refractivity contribution in [3.8, 4) is 11.1 Å². The van der Waals surface area contributed by atoms with E-state index in [4.69, 9.17) is 21.3 Å². The molecule has 0 aromatic heterocycles. The van der Waals surface area contributed by atoms with Crippen LogP contribution in [0.25, 0.3) is 11.1 Å². The van der Waals surface area contributed by atoms with Crippen molar-refractivity contribution < 1.29 is 14.3 Å². The summed E-state index contributed by atoms with van der Waals surface area (Å²) in [5, 5.41) is 18.4. The number of hydrogen-bond acceptors (Lipinski definition) is 5. The van der Waals surface area contributed by atoms with E-state index in [1.54, 1.807) is 37.3 Å². The highest BCUT2D eigenvalue weighted by molar-refractivity contribution is 5.96. The van der Waals surface area contributed by atoms with E-state index in [9.17, 15) is 9.59 Å². The van der Waals surface area contributed by atoms with Crippen LogP contribution in [0.1, 0.15) is 41.3 Å². The monoisotopic (exact) mass is 435 g/mol. The van der Waals surface area contributed by atoms with Gasteiger partial charge in [-0.15, -0.1) is 0 Å². The molecule has 2 aromatic carbocycles. The Balaban J connectivity index is 1.77. The van der Waals surface area contributed by atoms with E-state index in [0.717, 1.165) is 16.7 Å². The number of carbonyl (C=O) groups excluding carboxylic acids is 2. The summed E-state index contributed by atoms with van der Waals surface area (Å²) in [6.07, 6.45) is 1.43. The quantitative estimate of drug-likeness (QED) is 0.315. The molecule has 1 amide bonds.